The maximum absolute atomic E-state index is 11.8. The molecule has 0 bridgehead atoms. The van der Waals surface area contributed by atoms with E-state index in [-0.39, 0.29) is 16.9 Å². The third-order valence-electron chi connectivity index (χ3n) is 2.98. The zero-order valence-corrected chi connectivity index (χ0v) is 11.5. The van der Waals surface area contributed by atoms with Crippen LogP contribution in [0.1, 0.15) is 33.1 Å². The van der Waals surface area contributed by atoms with Crippen LogP contribution >= 0.6 is 11.8 Å². The highest BCUT2D eigenvalue weighted by molar-refractivity contribution is 8.13. The van der Waals surface area contributed by atoms with Crippen molar-refractivity contribution in [1.29, 1.82) is 0 Å². The number of likely N-dealkylation sites (tertiary alicyclic amines) is 1. The van der Waals surface area contributed by atoms with Crippen LogP contribution in [-0.2, 0) is 14.4 Å². The Labute approximate surface area is 111 Å². The first kappa shape index (κ1) is 15.0. The summed E-state index contributed by atoms with van der Waals surface area (Å²) in [5.74, 6) is -0.365. The number of carbonyl (C=O) groups excluding carboxylic acids is 2. The van der Waals surface area contributed by atoms with Gasteiger partial charge in [-0.3, -0.25) is 9.59 Å². The lowest BCUT2D eigenvalue weighted by Crippen LogP contribution is -2.42. The van der Waals surface area contributed by atoms with Crippen LogP contribution in [0.2, 0.25) is 0 Å². The van der Waals surface area contributed by atoms with E-state index < -0.39 is 12.0 Å². The van der Waals surface area contributed by atoms with Gasteiger partial charge in [0.05, 0.1) is 0 Å². The molecule has 1 fully saturated rings. The third kappa shape index (κ3) is 4.01. The molecule has 0 aromatic carbocycles. The van der Waals surface area contributed by atoms with Gasteiger partial charge in [0.15, 0.2) is 5.12 Å². The minimum atomic E-state index is -0.940. The van der Waals surface area contributed by atoms with E-state index in [0.29, 0.717) is 25.1 Å². The lowest BCUT2D eigenvalue weighted by Gasteiger charge is -2.24. The lowest BCUT2D eigenvalue weighted by atomic mass is 10.1. The van der Waals surface area contributed by atoms with E-state index in [1.165, 1.54) is 23.6 Å². The Balaban J connectivity index is 2.59. The van der Waals surface area contributed by atoms with Crippen molar-refractivity contribution < 1.29 is 19.5 Å². The number of thioether (sulfide) groups is 1. The van der Waals surface area contributed by atoms with Gasteiger partial charge in [0.2, 0.25) is 5.91 Å². The molecule has 0 saturated carbocycles. The van der Waals surface area contributed by atoms with Gasteiger partial charge in [-0.15, -0.1) is 0 Å². The normalized spacial score (nSPS) is 21.1. The van der Waals surface area contributed by atoms with Gasteiger partial charge in [0.25, 0.3) is 0 Å². The molecule has 0 aliphatic carbocycles. The standard InChI is InChI=1S/C12H19NO4S/c1-3-4-10(12(16)17)13-6-9(5-11(13)15)7-18-8(2)14/h9-10H,3-7H2,1-2H3,(H,16,17)/t9?,10-/m0/s1. The van der Waals surface area contributed by atoms with Gasteiger partial charge in [0.1, 0.15) is 6.04 Å². The largest absolute Gasteiger partial charge is 0.480 e. The monoisotopic (exact) mass is 273 g/mol. The second-order valence-electron chi connectivity index (χ2n) is 4.56. The third-order valence-corrected chi connectivity index (χ3v) is 4.03. The summed E-state index contributed by atoms with van der Waals surface area (Å²) in [6.07, 6.45) is 1.56. The van der Waals surface area contributed by atoms with Gasteiger partial charge in [-0.2, -0.15) is 0 Å². The first-order chi connectivity index (χ1) is 8.45. The minimum absolute atomic E-state index is 0.0317. The first-order valence-electron chi connectivity index (χ1n) is 6.11. The Hall–Kier alpha value is -1.04. The van der Waals surface area contributed by atoms with Crippen molar-refractivity contribution in [3.05, 3.63) is 0 Å². The fourth-order valence-electron chi connectivity index (χ4n) is 2.14. The van der Waals surface area contributed by atoms with E-state index >= 15 is 0 Å². The second-order valence-corrected chi connectivity index (χ2v) is 5.76. The molecule has 1 unspecified atom stereocenters. The van der Waals surface area contributed by atoms with Crippen LogP contribution in [0.4, 0.5) is 0 Å². The molecule has 6 heteroatoms. The van der Waals surface area contributed by atoms with Crippen LogP contribution in [0.5, 0.6) is 0 Å². The van der Waals surface area contributed by atoms with E-state index in [9.17, 15) is 14.4 Å². The summed E-state index contributed by atoms with van der Waals surface area (Å²) in [5, 5.41) is 9.17. The van der Waals surface area contributed by atoms with E-state index in [4.69, 9.17) is 5.11 Å². The molecule has 0 aromatic heterocycles. The fraction of sp³-hybridized carbons (Fsp3) is 0.750. The quantitative estimate of drug-likeness (QED) is 0.791. The van der Waals surface area contributed by atoms with Gasteiger partial charge in [-0.05, 0) is 12.3 Å². The zero-order chi connectivity index (χ0) is 13.7. The number of aliphatic carboxylic acids is 1. The number of hydrogen-bond donors (Lipinski definition) is 1. The fourth-order valence-corrected chi connectivity index (χ4v) is 2.84. The van der Waals surface area contributed by atoms with Crippen LogP contribution in [0.25, 0.3) is 0 Å². The molecule has 1 rings (SSSR count). The van der Waals surface area contributed by atoms with Crippen LogP contribution in [0, 0.1) is 5.92 Å². The topological polar surface area (TPSA) is 74.7 Å². The zero-order valence-electron chi connectivity index (χ0n) is 10.7. The first-order valence-corrected chi connectivity index (χ1v) is 7.09. The maximum atomic E-state index is 11.8. The number of hydrogen-bond acceptors (Lipinski definition) is 4. The van der Waals surface area contributed by atoms with Gasteiger partial charge in [-0.25, -0.2) is 4.79 Å². The Morgan fingerprint density at radius 2 is 2.22 bits per heavy atom. The highest BCUT2D eigenvalue weighted by Crippen LogP contribution is 2.25. The van der Waals surface area contributed by atoms with Crippen LogP contribution in [-0.4, -0.2) is 45.3 Å². The minimum Gasteiger partial charge on any atom is -0.480 e. The summed E-state index contributed by atoms with van der Waals surface area (Å²) in [6.45, 7) is 3.85. The molecule has 1 N–H and O–H groups in total. The van der Waals surface area contributed by atoms with Crippen molar-refractivity contribution in [2.24, 2.45) is 5.92 Å². The molecule has 1 heterocycles. The van der Waals surface area contributed by atoms with Crippen molar-refractivity contribution in [1.82, 2.24) is 4.90 Å². The van der Waals surface area contributed by atoms with E-state index in [0.717, 1.165) is 6.42 Å². The SMILES string of the molecule is CCC[C@@H](C(=O)O)N1CC(CSC(C)=O)CC1=O. The van der Waals surface area contributed by atoms with E-state index in [1.54, 1.807) is 0 Å². The molecule has 1 amide bonds. The molecule has 0 radical (unpaired) electrons. The predicted molar refractivity (Wildman–Crippen MR) is 69.3 cm³/mol. The number of carboxylic acids is 1. The van der Waals surface area contributed by atoms with Crippen molar-refractivity contribution in [2.45, 2.75) is 39.2 Å². The van der Waals surface area contributed by atoms with Crippen molar-refractivity contribution in [3.63, 3.8) is 0 Å². The highest BCUT2D eigenvalue weighted by atomic mass is 32.2. The molecular weight excluding hydrogens is 254 g/mol. The number of carboxylic acid groups (broad SMARTS) is 1. The summed E-state index contributed by atoms with van der Waals surface area (Å²) in [4.78, 5) is 35.3. The number of carbonyl (C=O) groups is 3. The van der Waals surface area contributed by atoms with Crippen LogP contribution in [0.3, 0.4) is 0 Å². The van der Waals surface area contributed by atoms with E-state index in [1.807, 2.05) is 6.92 Å². The summed E-state index contributed by atoms with van der Waals surface area (Å²) in [7, 11) is 0. The molecule has 0 aromatic rings. The summed E-state index contributed by atoms with van der Waals surface area (Å²) < 4.78 is 0. The Morgan fingerprint density at radius 1 is 1.56 bits per heavy atom. The van der Waals surface area contributed by atoms with Gasteiger partial charge >= 0.3 is 5.97 Å². The average molecular weight is 273 g/mol. The van der Waals surface area contributed by atoms with Crippen molar-refractivity contribution in [2.75, 3.05) is 12.3 Å². The van der Waals surface area contributed by atoms with E-state index in [2.05, 4.69) is 0 Å². The van der Waals surface area contributed by atoms with Crippen molar-refractivity contribution >= 4 is 28.8 Å². The average Bonchev–Trinajstić information content (AvgIpc) is 2.64. The molecule has 2 atom stereocenters. The molecule has 1 aliphatic rings. The molecule has 5 nitrogen and oxygen atoms in total. The Bertz CT molecular complexity index is 345. The van der Waals surface area contributed by atoms with Crippen LogP contribution in [0.15, 0.2) is 0 Å². The van der Waals surface area contributed by atoms with Gasteiger partial charge in [0, 0.05) is 25.6 Å². The van der Waals surface area contributed by atoms with Crippen LogP contribution < -0.4 is 0 Å². The highest BCUT2D eigenvalue weighted by Gasteiger charge is 2.37. The summed E-state index contributed by atoms with van der Waals surface area (Å²) in [6, 6.07) is -0.713. The number of amides is 1. The molecule has 18 heavy (non-hydrogen) atoms. The molecule has 102 valence electrons. The molecule has 1 saturated heterocycles. The number of nitrogens with zero attached hydrogens (tertiary/aromatic N) is 1. The molecule has 0 spiro atoms. The summed E-state index contributed by atoms with van der Waals surface area (Å²) in [5.41, 5.74) is 0. The Kier molecular flexibility index (Phi) is 5.65. The number of rotatable bonds is 6. The molecule has 1 aliphatic heterocycles. The Morgan fingerprint density at radius 3 is 2.72 bits per heavy atom. The second kappa shape index (κ2) is 6.78. The lowest BCUT2D eigenvalue weighted by molar-refractivity contribution is -0.148. The van der Waals surface area contributed by atoms with Gasteiger partial charge in [-0.1, -0.05) is 25.1 Å². The molecular formula is C12H19NO4S. The summed E-state index contributed by atoms with van der Waals surface area (Å²) >= 11 is 1.20. The van der Waals surface area contributed by atoms with Gasteiger partial charge < -0.3 is 10.0 Å². The maximum Gasteiger partial charge on any atom is 0.326 e. The van der Waals surface area contributed by atoms with Crippen molar-refractivity contribution in [3.8, 4) is 0 Å². The predicted octanol–water partition coefficient (Wildman–Crippen LogP) is 1.37. The smallest absolute Gasteiger partial charge is 0.326 e.